The molecule has 0 atom stereocenters. The van der Waals surface area contributed by atoms with Crippen LogP contribution in [-0.4, -0.2) is 23.2 Å². The fourth-order valence-corrected chi connectivity index (χ4v) is 1.66. The number of thioether (sulfide) groups is 1. The second-order valence-electron chi connectivity index (χ2n) is 2.54. The number of rotatable bonds is 4. The molecule has 0 heterocycles. The van der Waals surface area contributed by atoms with Gasteiger partial charge in [-0.05, 0) is 17.9 Å². The first-order valence-electron chi connectivity index (χ1n) is 6.15. The summed E-state index contributed by atoms with van der Waals surface area (Å²) in [6.07, 6.45) is 0. The van der Waals surface area contributed by atoms with Gasteiger partial charge in [0.2, 0.25) is 0 Å². The van der Waals surface area contributed by atoms with Crippen LogP contribution >= 0.6 is 11.8 Å². The monoisotopic (exact) mass is 256 g/mol. The Morgan fingerprint density at radius 1 is 1.12 bits per heavy atom. The van der Waals surface area contributed by atoms with Gasteiger partial charge in [0, 0.05) is 10.5 Å². The van der Waals surface area contributed by atoms with Gasteiger partial charge < -0.3 is 5.11 Å². The molecule has 0 saturated carbocycles. The highest BCUT2D eigenvalue weighted by Crippen LogP contribution is 2.17. The maximum Gasteiger partial charge on any atom is 0.188 e. The van der Waals surface area contributed by atoms with Crippen molar-refractivity contribution in [3.63, 3.8) is 0 Å². The molecule has 1 rings (SSSR count). The Labute approximate surface area is 109 Å². The molecule has 1 aromatic rings. The highest BCUT2D eigenvalue weighted by atomic mass is 32.2. The smallest absolute Gasteiger partial charge is 0.188 e. The summed E-state index contributed by atoms with van der Waals surface area (Å²) in [6, 6.07) is 7.29. The van der Waals surface area contributed by atoms with E-state index in [1.54, 1.807) is 23.9 Å². The Morgan fingerprint density at radius 2 is 1.59 bits per heavy atom. The van der Waals surface area contributed by atoms with Gasteiger partial charge in [0.25, 0.3) is 0 Å². The molecule has 1 N–H and O–H groups in total. The molecular formula is C14H24O2S. The Balaban J connectivity index is 0. The molecule has 0 bridgehead atoms. The lowest BCUT2D eigenvalue weighted by atomic mass is 10.1. The molecule has 17 heavy (non-hydrogen) atoms. The van der Waals surface area contributed by atoms with Crippen molar-refractivity contribution in [1.29, 1.82) is 0 Å². The van der Waals surface area contributed by atoms with E-state index in [0.717, 1.165) is 10.6 Å². The van der Waals surface area contributed by atoms with Crippen LogP contribution in [0, 0.1) is 0 Å². The lowest BCUT2D eigenvalue weighted by molar-refractivity contribution is 0.0903. The standard InChI is InChI=1S/C10H12O2S.2C2H6/c1-2-13-9-5-3-8(4-6-9)10(12)7-11;2*1-2/h3-6,11H,2,7H2,1H3;2*1-2H3. The van der Waals surface area contributed by atoms with Crippen LogP contribution in [0.2, 0.25) is 0 Å². The quantitative estimate of drug-likeness (QED) is 0.653. The van der Waals surface area contributed by atoms with Crippen molar-refractivity contribution in [3.8, 4) is 0 Å². The zero-order valence-electron chi connectivity index (χ0n) is 11.5. The third-order valence-electron chi connectivity index (χ3n) is 1.63. The molecule has 0 aliphatic heterocycles. The van der Waals surface area contributed by atoms with Gasteiger partial charge in [-0.1, -0.05) is 46.8 Å². The third kappa shape index (κ3) is 8.00. The number of aliphatic hydroxyl groups is 1. The Morgan fingerprint density at radius 3 is 1.94 bits per heavy atom. The molecular weight excluding hydrogens is 232 g/mol. The Hall–Kier alpha value is -0.800. The molecule has 0 aromatic heterocycles. The average Bonchev–Trinajstić information content (AvgIpc) is 2.43. The fraction of sp³-hybridized carbons (Fsp3) is 0.500. The summed E-state index contributed by atoms with van der Waals surface area (Å²) >= 11 is 1.73. The first-order chi connectivity index (χ1) is 8.27. The number of Topliss-reactive ketones (excluding diaryl/α,β-unsaturated/α-hetero) is 1. The molecule has 0 spiro atoms. The number of ketones is 1. The van der Waals surface area contributed by atoms with E-state index in [0.29, 0.717) is 5.56 Å². The van der Waals surface area contributed by atoms with Crippen LogP contribution in [0.4, 0.5) is 0 Å². The number of carbonyl (C=O) groups excluding carboxylic acids is 1. The fourth-order valence-electron chi connectivity index (χ4n) is 0.995. The minimum absolute atomic E-state index is 0.229. The molecule has 3 heteroatoms. The number of hydrogen-bond donors (Lipinski definition) is 1. The van der Waals surface area contributed by atoms with Crippen LogP contribution < -0.4 is 0 Å². The molecule has 0 aliphatic carbocycles. The molecule has 0 radical (unpaired) electrons. The number of aliphatic hydroxyl groups excluding tert-OH is 1. The highest BCUT2D eigenvalue weighted by Gasteiger charge is 2.02. The number of hydrogen-bond acceptors (Lipinski definition) is 3. The van der Waals surface area contributed by atoms with Crippen molar-refractivity contribution in [2.24, 2.45) is 0 Å². The first kappa shape index (κ1) is 18.6. The van der Waals surface area contributed by atoms with E-state index in [1.807, 2.05) is 39.8 Å². The summed E-state index contributed by atoms with van der Waals surface area (Å²) in [4.78, 5) is 12.2. The van der Waals surface area contributed by atoms with Gasteiger partial charge in [0.15, 0.2) is 5.78 Å². The van der Waals surface area contributed by atoms with Crippen molar-refractivity contribution < 1.29 is 9.90 Å². The SMILES string of the molecule is CC.CC.CCSc1ccc(C(=O)CO)cc1. The number of benzene rings is 1. The van der Waals surface area contributed by atoms with Gasteiger partial charge >= 0.3 is 0 Å². The van der Waals surface area contributed by atoms with Crippen molar-refractivity contribution in [2.75, 3.05) is 12.4 Å². The Kier molecular flexibility index (Phi) is 14.5. The predicted octanol–water partition coefficient (Wildman–Crippen LogP) is 4.03. The lowest BCUT2D eigenvalue weighted by Crippen LogP contribution is -2.03. The van der Waals surface area contributed by atoms with E-state index >= 15 is 0 Å². The summed E-state index contributed by atoms with van der Waals surface area (Å²) in [5.41, 5.74) is 0.572. The molecule has 0 unspecified atom stereocenters. The van der Waals surface area contributed by atoms with Crippen molar-refractivity contribution >= 4 is 17.5 Å². The van der Waals surface area contributed by atoms with Gasteiger partial charge in [-0.2, -0.15) is 0 Å². The van der Waals surface area contributed by atoms with E-state index < -0.39 is 6.61 Å². The summed E-state index contributed by atoms with van der Waals surface area (Å²) in [6.45, 7) is 9.66. The molecule has 0 fully saturated rings. The molecule has 1 aromatic carbocycles. The van der Waals surface area contributed by atoms with Gasteiger partial charge in [-0.25, -0.2) is 0 Å². The maximum absolute atomic E-state index is 11.0. The van der Waals surface area contributed by atoms with Crippen molar-refractivity contribution in [3.05, 3.63) is 29.8 Å². The normalized spacial score (nSPS) is 8.35. The molecule has 0 amide bonds. The molecule has 98 valence electrons. The summed E-state index contributed by atoms with van der Waals surface area (Å²) < 4.78 is 0. The van der Waals surface area contributed by atoms with Crippen LogP contribution in [0.15, 0.2) is 29.2 Å². The molecule has 0 aliphatic rings. The second kappa shape index (κ2) is 13.3. The van der Waals surface area contributed by atoms with E-state index in [-0.39, 0.29) is 5.78 Å². The third-order valence-corrected chi connectivity index (χ3v) is 2.53. The second-order valence-corrected chi connectivity index (χ2v) is 3.88. The van der Waals surface area contributed by atoms with Crippen LogP contribution in [0.3, 0.4) is 0 Å². The van der Waals surface area contributed by atoms with E-state index in [1.165, 1.54) is 0 Å². The van der Waals surface area contributed by atoms with E-state index in [9.17, 15) is 4.79 Å². The van der Waals surface area contributed by atoms with Gasteiger partial charge in [-0.3, -0.25) is 4.79 Å². The molecule has 0 saturated heterocycles. The van der Waals surface area contributed by atoms with Crippen LogP contribution in [0.5, 0.6) is 0 Å². The van der Waals surface area contributed by atoms with Gasteiger partial charge in [0.1, 0.15) is 6.61 Å². The molecule has 2 nitrogen and oxygen atoms in total. The van der Waals surface area contributed by atoms with Crippen LogP contribution in [0.25, 0.3) is 0 Å². The topological polar surface area (TPSA) is 37.3 Å². The zero-order chi connectivity index (χ0) is 13.7. The average molecular weight is 256 g/mol. The van der Waals surface area contributed by atoms with E-state index in [2.05, 4.69) is 6.92 Å². The summed E-state index contributed by atoms with van der Waals surface area (Å²) in [7, 11) is 0. The van der Waals surface area contributed by atoms with Crippen molar-refractivity contribution in [2.45, 2.75) is 39.5 Å². The maximum atomic E-state index is 11.0. The summed E-state index contributed by atoms with van der Waals surface area (Å²) in [5, 5.41) is 8.61. The van der Waals surface area contributed by atoms with Gasteiger partial charge in [-0.15, -0.1) is 11.8 Å². The van der Waals surface area contributed by atoms with Crippen molar-refractivity contribution in [1.82, 2.24) is 0 Å². The largest absolute Gasteiger partial charge is 0.388 e. The van der Waals surface area contributed by atoms with Crippen LogP contribution in [0.1, 0.15) is 45.0 Å². The Bertz CT molecular complexity index is 281. The van der Waals surface area contributed by atoms with Crippen LogP contribution in [-0.2, 0) is 0 Å². The van der Waals surface area contributed by atoms with E-state index in [4.69, 9.17) is 5.11 Å². The zero-order valence-corrected chi connectivity index (χ0v) is 12.3. The first-order valence-corrected chi connectivity index (χ1v) is 7.13. The summed E-state index contributed by atoms with van der Waals surface area (Å²) in [5.74, 6) is 0.792. The lowest BCUT2D eigenvalue weighted by Gasteiger charge is -2.00. The van der Waals surface area contributed by atoms with Gasteiger partial charge in [0.05, 0.1) is 0 Å². The number of carbonyl (C=O) groups is 1. The predicted molar refractivity (Wildman–Crippen MR) is 77.0 cm³/mol. The highest BCUT2D eigenvalue weighted by molar-refractivity contribution is 7.99. The minimum Gasteiger partial charge on any atom is -0.388 e. The minimum atomic E-state index is -0.416.